The molecule has 1 aromatic heterocycles. The Labute approximate surface area is 70.2 Å². The van der Waals surface area contributed by atoms with Crippen molar-refractivity contribution in [2.24, 2.45) is 0 Å². The maximum Gasteiger partial charge on any atom is 0.246 e. The van der Waals surface area contributed by atoms with Crippen LogP contribution in [0, 0.1) is 0 Å². The summed E-state index contributed by atoms with van der Waals surface area (Å²) in [5, 5.41) is 0. The number of hydrogen-bond donors (Lipinski definition) is 0. The molecule has 3 heteroatoms. The Kier molecular flexibility index (Phi) is 3.86. The zero-order chi connectivity index (χ0) is 7.94. The van der Waals surface area contributed by atoms with Crippen LogP contribution in [0.15, 0.2) is 24.4 Å². The zero-order valence-electron chi connectivity index (χ0n) is 6.29. The van der Waals surface area contributed by atoms with Gasteiger partial charge >= 0.3 is 0 Å². The highest BCUT2D eigenvalue weighted by atomic mass is 28.2. The van der Waals surface area contributed by atoms with Crippen LogP contribution in [0.1, 0.15) is 12.1 Å². The Morgan fingerprint density at radius 1 is 1.45 bits per heavy atom. The fraction of sp³-hybridized carbons (Fsp3) is 0.375. The fourth-order valence-corrected chi connectivity index (χ4v) is 1.02. The molecule has 0 atom stereocenters. The van der Waals surface area contributed by atoms with Crippen molar-refractivity contribution in [2.45, 2.75) is 12.8 Å². The lowest BCUT2D eigenvalue weighted by Gasteiger charge is -1.98. The third kappa shape index (κ3) is 3.30. The Morgan fingerprint density at radius 3 is 3.00 bits per heavy atom. The van der Waals surface area contributed by atoms with Crippen LogP contribution in [-0.2, 0) is 10.8 Å². The molecule has 11 heavy (non-hydrogen) atoms. The highest BCUT2D eigenvalue weighted by molar-refractivity contribution is 5.97. The van der Waals surface area contributed by atoms with Crippen molar-refractivity contribution in [1.82, 2.24) is 4.98 Å². The van der Waals surface area contributed by atoms with E-state index in [2.05, 4.69) is 15.5 Å². The van der Waals surface area contributed by atoms with Gasteiger partial charge in [0.1, 0.15) is 0 Å². The van der Waals surface area contributed by atoms with E-state index in [0.29, 0.717) is 0 Å². The summed E-state index contributed by atoms with van der Waals surface area (Å²) < 4.78 is 4.74. The van der Waals surface area contributed by atoms with Crippen LogP contribution in [-0.4, -0.2) is 22.1 Å². The second kappa shape index (κ2) is 5.04. The number of aromatic nitrogens is 1. The van der Waals surface area contributed by atoms with Crippen molar-refractivity contribution < 1.29 is 4.43 Å². The van der Waals surface area contributed by atoms with Crippen LogP contribution in [0.2, 0.25) is 0 Å². The summed E-state index contributed by atoms with van der Waals surface area (Å²) in [4.78, 5) is 4.18. The molecular formula is C8H10NOSi. The fourth-order valence-electron chi connectivity index (χ4n) is 0.871. The quantitative estimate of drug-likeness (QED) is 0.491. The molecule has 0 aliphatic carbocycles. The normalized spacial score (nSPS) is 9.91. The van der Waals surface area contributed by atoms with Gasteiger partial charge in [0.2, 0.25) is 10.5 Å². The number of nitrogens with zero attached hydrogens (tertiary/aromatic N) is 1. The smallest absolute Gasteiger partial charge is 0.246 e. The number of aryl methyl sites for hydroxylation is 1. The molecule has 0 N–H and O–H groups in total. The van der Waals surface area contributed by atoms with Crippen LogP contribution in [0.4, 0.5) is 0 Å². The summed E-state index contributed by atoms with van der Waals surface area (Å²) in [7, 11) is 2.95. The van der Waals surface area contributed by atoms with E-state index >= 15 is 0 Å². The van der Waals surface area contributed by atoms with Crippen molar-refractivity contribution >= 4 is 10.5 Å². The average Bonchev–Trinajstić information content (AvgIpc) is 2.07. The number of rotatable bonds is 4. The molecule has 0 bridgehead atoms. The van der Waals surface area contributed by atoms with E-state index in [0.717, 1.165) is 25.1 Å². The minimum atomic E-state index is 0.730. The molecular weight excluding hydrogens is 154 g/mol. The van der Waals surface area contributed by atoms with Gasteiger partial charge in [0.25, 0.3) is 0 Å². The van der Waals surface area contributed by atoms with E-state index in [1.54, 1.807) is 0 Å². The van der Waals surface area contributed by atoms with Crippen molar-refractivity contribution in [3.05, 3.63) is 30.1 Å². The van der Waals surface area contributed by atoms with E-state index < -0.39 is 0 Å². The highest BCUT2D eigenvalue weighted by Crippen LogP contribution is 1.97. The van der Waals surface area contributed by atoms with Gasteiger partial charge in [-0.1, -0.05) is 6.07 Å². The first-order chi connectivity index (χ1) is 5.43. The Bertz CT molecular complexity index is 191. The van der Waals surface area contributed by atoms with Gasteiger partial charge < -0.3 is 4.43 Å². The molecule has 0 aromatic carbocycles. The number of pyridine rings is 1. The molecule has 0 spiro atoms. The summed E-state index contributed by atoms with van der Waals surface area (Å²) in [5.74, 6) is 0. The summed E-state index contributed by atoms with van der Waals surface area (Å²) in [5.41, 5.74) is 1.12. The van der Waals surface area contributed by atoms with Gasteiger partial charge in [0.05, 0.1) is 0 Å². The monoisotopic (exact) mass is 164 g/mol. The Balaban J connectivity index is 2.28. The molecule has 2 nitrogen and oxygen atoms in total. The molecule has 0 amide bonds. The Morgan fingerprint density at radius 2 is 2.36 bits per heavy atom. The lowest BCUT2D eigenvalue weighted by molar-refractivity contribution is 0.340. The van der Waals surface area contributed by atoms with Gasteiger partial charge in [-0.15, -0.1) is 0 Å². The van der Waals surface area contributed by atoms with E-state index in [1.165, 1.54) is 0 Å². The van der Waals surface area contributed by atoms with Gasteiger partial charge in [-0.05, 0) is 25.0 Å². The molecule has 57 valence electrons. The third-order valence-corrected chi connectivity index (χ3v) is 1.61. The second-order valence-corrected chi connectivity index (χ2v) is 2.56. The maximum absolute atomic E-state index is 4.74. The summed E-state index contributed by atoms with van der Waals surface area (Å²) >= 11 is 0. The van der Waals surface area contributed by atoms with Crippen molar-refractivity contribution in [3.63, 3.8) is 0 Å². The van der Waals surface area contributed by atoms with Gasteiger partial charge in [-0.25, -0.2) is 0 Å². The largest absolute Gasteiger partial charge is 0.419 e. The van der Waals surface area contributed by atoms with Gasteiger partial charge in [-0.2, -0.15) is 0 Å². The van der Waals surface area contributed by atoms with E-state index in [4.69, 9.17) is 4.43 Å². The molecule has 1 aromatic rings. The second-order valence-electron chi connectivity index (χ2n) is 2.27. The molecule has 0 aliphatic rings. The van der Waals surface area contributed by atoms with Crippen LogP contribution in [0.3, 0.4) is 0 Å². The molecule has 0 fully saturated rings. The highest BCUT2D eigenvalue weighted by Gasteiger charge is 1.90. The van der Waals surface area contributed by atoms with Crippen LogP contribution in [0.25, 0.3) is 0 Å². The molecule has 0 saturated heterocycles. The first-order valence-corrected chi connectivity index (χ1v) is 4.03. The molecule has 1 heterocycles. The van der Waals surface area contributed by atoms with Gasteiger partial charge in [0, 0.05) is 18.5 Å². The first kappa shape index (κ1) is 8.42. The molecule has 1 rings (SSSR count). The van der Waals surface area contributed by atoms with E-state index in [9.17, 15) is 0 Å². The van der Waals surface area contributed by atoms with Crippen molar-refractivity contribution in [2.75, 3.05) is 6.61 Å². The molecule has 0 unspecified atom stereocenters. The summed E-state index contributed by atoms with van der Waals surface area (Å²) in [6, 6.07) is 5.94. The van der Waals surface area contributed by atoms with E-state index in [1.807, 2.05) is 24.4 Å². The average molecular weight is 164 g/mol. The molecule has 0 aliphatic heterocycles. The van der Waals surface area contributed by atoms with Crippen LogP contribution >= 0.6 is 0 Å². The maximum atomic E-state index is 4.74. The lowest BCUT2D eigenvalue weighted by atomic mass is 10.2. The van der Waals surface area contributed by atoms with Crippen molar-refractivity contribution in [1.29, 1.82) is 0 Å². The zero-order valence-corrected chi connectivity index (χ0v) is 7.29. The standard InChI is InChI=1S/C8H10NOSi/c11-10-7-3-5-8-4-1-2-6-9-8/h1-2,4,6H,3,5,7H2. The van der Waals surface area contributed by atoms with Crippen LogP contribution < -0.4 is 0 Å². The topological polar surface area (TPSA) is 22.1 Å². The van der Waals surface area contributed by atoms with Gasteiger partial charge in [0.15, 0.2) is 0 Å². The minimum Gasteiger partial charge on any atom is -0.419 e. The number of hydrogen-bond acceptors (Lipinski definition) is 2. The van der Waals surface area contributed by atoms with E-state index in [-0.39, 0.29) is 0 Å². The molecule has 0 saturated carbocycles. The third-order valence-electron chi connectivity index (χ3n) is 1.41. The SMILES string of the molecule is [Si]OCCCc1ccccn1. The predicted molar refractivity (Wildman–Crippen MR) is 44.3 cm³/mol. The van der Waals surface area contributed by atoms with Gasteiger partial charge in [-0.3, -0.25) is 4.98 Å². The minimum absolute atomic E-state index is 0.730. The summed E-state index contributed by atoms with van der Waals surface area (Å²) in [6.07, 6.45) is 3.79. The van der Waals surface area contributed by atoms with Crippen molar-refractivity contribution in [3.8, 4) is 0 Å². The summed E-state index contributed by atoms with van der Waals surface area (Å²) in [6.45, 7) is 0.730. The first-order valence-electron chi connectivity index (χ1n) is 3.62. The van der Waals surface area contributed by atoms with Crippen LogP contribution in [0.5, 0.6) is 0 Å². The Hall–Kier alpha value is -0.673. The predicted octanol–water partition coefficient (Wildman–Crippen LogP) is 1.11. The lowest BCUT2D eigenvalue weighted by Crippen LogP contribution is -1.94. The molecule has 3 radical (unpaired) electrons.